The van der Waals surface area contributed by atoms with Crippen LogP contribution in [0.3, 0.4) is 0 Å². The molecule has 1 aliphatic rings. The first kappa shape index (κ1) is 15.6. The lowest BCUT2D eigenvalue weighted by Crippen LogP contribution is -2.42. The molecule has 1 aromatic carbocycles. The van der Waals surface area contributed by atoms with Gasteiger partial charge < -0.3 is 20.1 Å². The highest BCUT2D eigenvalue weighted by Gasteiger charge is 2.25. The molecule has 2 N–H and O–H groups in total. The maximum Gasteiger partial charge on any atom is 0.237 e. The third kappa shape index (κ3) is 4.36. The van der Waals surface area contributed by atoms with Crippen LogP contribution >= 0.6 is 0 Å². The number of hydrogen-bond acceptors (Lipinski definition) is 4. The molecule has 0 bridgehead atoms. The van der Waals surface area contributed by atoms with E-state index in [0.29, 0.717) is 19.2 Å². The van der Waals surface area contributed by atoms with Gasteiger partial charge in [0.1, 0.15) is 0 Å². The van der Waals surface area contributed by atoms with E-state index >= 15 is 0 Å². The molecule has 1 amide bonds. The van der Waals surface area contributed by atoms with Crippen LogP contribution in [0, 0.1) is 0 Å². The number of para-hydroxylation sites is 1. The fourth-order valence-electron chi connectivity index (χ4n) is 2.11. The Morgan fingerprint density at radius 2 is 2.19 bits per heavy atom. The minimum absolute atomic E-state index is 0.0532. The van der Waals surface area contributed by atoms with Crippen LogP contribution < -0.4 is 20.1 Å². The van der Waals surface area contributed by atoms with Gasteiger partial charge in [-0.05, 0) is 32.8 Å². The van der Waals surface area contributed by atoms with Crippen molar-refractivity contribution in [3.05, 3.63) is 23.8 Å². The minimum Gasteiger partial charge on any atom is -0.493 e. The zero-order valence-corrected chi connectivity index (χ0v) is 12.9. The fourth-order valence-corrected chi connectivity index (χ4v) is 2.11. The van der Waals surface area contributed by atoms with Crippen molar-refractivity contribution in [3.63, 3.8) is 0 Å². The Labute approximate surface area is 126 Å². The summed E-state index contributed by atoms with van der Waals surface area (Å²) in [6.45, 7) is 4.96. The Morgan fingerprint density at radius 3 is 2.81 bits per heavy atom. The summed E-state index contributed by atoms with van der Waals surface area (Å²) in [6, 6.07) is 5.94. The first-order valence-corrected chi connectivity index (χ1v) is 7.48. The van der Waals surface area contributed by atoms with E-state index in [1.165, 1.54) is 0 Å². The van der Waals surface area contributed by atoms with Crippen molar-refractivity contribution in [2.45, 2.75) is 45.3 Å². The predicted octanol–water partition coefficient (Wildman–Crippen LogP) is 1.85. The van der Waals surface area contributed by atoms with E-state index in [9.17, 15) is 4.79 Å². The number of methoxy groups -OCH3 is 1. The Morgan fingerprint density at radius 1 is 1.43 bits per heavy atom. The molecule has 0 heterocycles. The van der Waals surface area contributed by atoms with Gasteiger partial charge in [0, 0.05) is 18.2 Å². The van der Waals surface area contributed by atoms with Crippen LogP contribution in [0.5, 0.6) is 11.5 Å². The molecular weight excluding hydrogens is 268 g/mol. The molecule has 0 spiro atoms. The van der Waals surface area contributed by atoms with Gasteiger partial charge in [-0.15, -0.1) is 0 Å². The average Bonchev–Trinajstić information content (AvgIpc) is 3.29. The molecule has 1 saturated carbocycles. The van der Waals surface area contributed by atoms with Gasteiger partial charge in [-0.2, -0.15) is 0 Å². The quantitative estimate of drug-likeness (QED) is 0.768. The van der Waals surface area contributed by atoms with E-state index in [2.05, 4.69) is 10.6 Å². The van der Waals surface area contributed by atoms with Crippen molar-refractivity contribution in [3.8, 4) is 11.5 Å². The fraction of sp³-hybridized carbons (Fsp3) is 0.562. The molecule has 0 aromatic heterocycles. The lowest BCUT2D eigenvalue weighted by Gasteiger charge is -2.17. The number of benzene rings is 1. The summed E-state index contributed by atoms with van der Waals surface area (Å²) in [5.74, 6) is 1.51. The molecule has 116 valence electrons. The molecule has 5 heteroatoms. The summed E-state index contributed by atoms with van der Waals surface area (Å²) >= 11 is 0. The van der Waals surface area contributed by atoms with Gasteiger partial charge in [-0.25, -0.2) is 0 Å². The van der Waals surface area contributed by atoms with Crippen molar-refractivity contribution in [2.24, 2.45) is 0 Å². The second-order valence-electron chi connectivity index (χ2n) is 5.27. The molecule has 0 saturated heterocycles. The van der Waals surface area contributed by atoms with E-state index in [1.807, 2.05) is 32.0 Å². The van der Waals surface area contributed by atoms with Gasteiger partial charge in [0.05, 0.1) is 19.8 Å². The van der Waals surface area contributed by atoms with Crippen molar-refractivity contribution < 1.29 is 14.3 Å². The highest BCUT2D eigenvalue weighted by Crippen LogP contribution is 2.31. The molecule has 0 aliphatic heterocycles. The maximum atomic E-state index is 11.9. The average molecular weight is 292 g/mol. The standard InChI is InChI=1S/C16H24N2O3/c1-4-21-14-7-5-6-12(15(14)20-3)10-17-11(2)16(19)18-13-8-9-13/h5-7,11,13,17H,4,8-10H2,1-3H3,(H,18,19). The van der Waals surface area contributed by atoms with Crippen LogP contribution in [0.2, 0.25) is 0 Å². The van der Waals surface area contributed by atoms with Crippen LogP contribution in [0.25, 0.3) is 0 Å². The first-order chi connectivity index (χ1) is 10.2. The van der Waals surface area contributed by atoms with E-state index in [1.54, 1.807) is 7.11 Å². The molecule has 21 heavy (non-hydrogen) atoms. The smallest absolute Gasteiger partial charge is 0.237 e. The molecule has 1 atom stereocenters. The maximum absolute atomic E-state index is 11.9. The Balaban J connectivity index is 1.95. The number of nitrogens with one attached hydrogen (secondary N) is 2. The Kier molecular flexibility index (Phi) is 5.44. The molecule has 1 aliphatic carbocycles. The molecule has 5 nitrogen and oxygen atoms in total. The largest absolute Gasteiger partial charge is 0.493 e. The zero-order valence-electron chi connectivity index (χ0n) is 12.9. The van der Waals surface area contributed by atoms with E-state index in [0.717, 1.165) is 29.9 Å². The van der Waals surface area contributed by atoms with Crippen LogP contribution in [-0.2, 0) is 11.3 Å². The van der Waals surface area contributed by atoms with Crippen molar-refractivity contribution in [1.29, 1.82) is 0 Å². The zero-order chi connectivity index (χ0) is 15.2. The summed E-state index contributed by atoms with van der Waals surface area (Å²) in [7, 11) is 1.63. The molecule has 1 unspecified atom stereocenters. The molecule has 2 rings (SSSR count). The number of carbonyl (C=O) groups is 1. The number of rotatable bonds is 8. The third-order valence-electron chi connectivity index (χ3n) is 3.48. The summed E-state index contributed by atoms with van der Waals surface area (Å²) < 4.78 is 11.0. The van der Waals surface area contributed by atoms with E-state index in [4.69, 9.17) is 9.47 Å². The number of amides is 1. The lowest BCUT2D eigenvalue weighted by molar-refractivity contribution is -0.122. The van der Waals surface area contributed by atoms with Gasteiger partial charge in [0.15, 0.2) is 11.5 Å². The minimum atomic E-state index is -0.231. The topological polar surface area (TPSA) is 59.6 Å². The molecule has 1 aromatic rings. The number of carbonyl (C=O) groups excluding carboxylic acids is 1. The monoisotopic (exact) mass is 292 g/mol. The Bertz CT molecular complexity index is 486. The van der Waals surface area contributed by atoms with Gasteiger partial charge in [0.25, 0.3) is 0 Å². The van der Waals surface area contributed by atoms with E-state index < -0.39 is 0 Å². The van der Waals surface area contributed by atoms with Crippen LogP contribution in [0.15, 0.2) is 18.2 Å². The SMILES string of the molecule is CCOc1cccc(CNC(C)C(=O)NC2CC2)c1OC. The van der Waals surface area contributed by atoms with Crippen molar-refractivity contribution in [1.82, 2.24) is 10.6 Å². The molecular formula is C16H24N2O3. The number of hydrogen-bond donors (Lipinski definition) is 2. The van der Waals surface area contributed by atoms with Crippen LogP contribution in [0.4, 0.5) is 0 Å². The lowest BCUT2D eigenvalue weighted by atomic mass is 10.1. The molecule has 1 fully saturated rings. The van der Waals surface area contributed by atoms with Gasteiger partial charge >= 0.3 is 0 Å². The van der Waals surface area contributed by atoms with E-state index in [-0.39, 0.29) is 11.9 Å². The van der Waals surface area contributed by atoms with Crippen molar-refractivity contribution >= 4 is 5.91 Å². The predicted molar refractivity (Wildman–Crippen MR) is 81.6 cm³/mol. The van der Waals surface area contributed by atoms with Crippen molar-refractivity contribution in [2.75, 3.05) is 13.7 Å². The highest BCUT2D eigenvalue weighted by atomic mass is 16.5. The highest BCUT2D eigenvalue weighted by molar-refractivity contribution is 5.81. The third-order valence-corrected chi connectivity index (χ3v) is 3.48. The van der Waals surface area contributed by atoms with Crippen LogP contribution in [-0.4, -0.2) is 31.7 Å². The summed E-state index contributed by atoms with van der Waals surface area (Å²) in [6.07, 6.45) is 2.20. The summed E-state index contributed by atoms with van der Waals surface area (Å²) in [4.78, 5) is 11.9. The first-order valence-electron chi connectivity index (χ1n) is 7.48. The van der Waals surface area contributed by atoms with Gasteiger partial charge in [0.2, 0.25) is 5.91 Å². The van der Waals surface area contributed by atoms with Gasteiger partial charge in [-0.1, -0.05) is 12.1 Å². The second-order valence-corrected chi connectivity index (χ2v) is 5.27. The Hall–Kier alpha value is -1.75. The summed E-state index contributed by atoms with van der Waals surface area (Å²) in [5, 5.41) is 6.22. The van der Waals surface area contributed by atoms with Gasteiger partial charge in [-0.3, -0.25) is 4.79 Å². The summed E-state index contributed by atoms with van der Waals surface area (Å²) in [5.41, 5.74) is 0.981. The normalized spacial score (nSPS) is 15.4. The number of ether oxygens (including phenoxy) is 2. The molecule has 0 radical (unpaired) electrons. The van der Waals surface area contributed by atoms with Crippen LogP contribution in [0.1, 0.15) is 32.3 Å². The second kappa shape index (κ2) is 7.31.